The van der Waals surface area contributed by atoms with Crippen molar-refractivity contribution in [3.63, 3.8) is 0 Å². The van der Waals surface area contributed by atoms with E-state index in [0.29, 0.717) is 27.0 Å². The van der Waals surface area contributed by atoms with Gasteiger partial charge in [-0.05, 0) is 66.8 Å². The van der Waals surface area contributed by atoms with E-state index in [2.05, 4.69) is 0 Å². The topological polar surface area (TPSA) is 82.1 Å². The standard InChI is InChI=1S/C42H29F6NO6S/c1-38-32(25-9-3-4-12-29(25)55-38)34-33(40(43,44)42(47,48)41(34,45)46)28-21-30(56-39(28,38)2)22-13-15-24(16-14-22)37(52)54-20-19-53-18-17-49-35(50)26-10-5-7-23-8-6-11-27(31(23)26)36(49)51/h3-16,21H,17-20H2,1-2H3. The largest absolute Gasteiger partial charge is 0.480 e. The van der Waals surface area contributed by atoms with E-state index in [1.807, 2.05) is 12.1 Å². The highest BCUT2D eigenvalue weighted by Crippen LogP contribution is 2.74. The summed E-state index contributed by atoms with van der Waals surface area (Å²) in [7, 11) is 0. The Hall–Kier alpha value is -5.34. The number of halogens is 6. The lowest BCUT2D eigenvalue weighted by Gasteiger charge is -2.46. The van der Waals surface area contributed by atoms with Crippen LogP contribution in [0.15, 0.2) is 108 Å². The number of nitrogens with zero attached hydrogens (tertiary/aromatic N) is 1. The van der Waals surface area contributed by atoms with Gasteiger partial charge in [0, 0.05) is 43.7 Å². The maximum atomic E-state index is 15.7. The molecule has 7 nitrogen and oxygen atoms in total. The van der Waals surface area contributed by atoms with Crippen molar-refractivity contribution in [3.8, 4) is 5.75 Å². The quantitative estimate of drug-likeness (QED) is 0.0763. The Kier molecular flexibility index (Phi) is 7.83. The van der Waals surface area contributed by atoms with Crippen LogP contribution < -0.4 is 4.74 Å². The zero-order valence-electron chi connectivity index (χ0n) is 29.6. The van der Waals surface area contributed by atoms with Crippen molar-refractivity contribution in [1.29, 1.82) is 0 Å². The van der Waals surface area contributed by atoms with Crippen molar-refractivity contribution in [1.82, 2.24) is 4.90 Å². The molecule has 4 aromatic rings. The first-order valence-corrected chi connectivity index (χ1v) is 18.4. The predicted molar refractivity (Wildman–Crippen MR) is 195 cm³/mol. The van der Waals surface area contributed by atoms with Crippen molar-refractivity contribution >= 4 is 50.8 Å². The Morgan fingerprint density at radius 1 is 0.732 bits per heavy atom. The number of thioether (sulfide) groups is 1. The number of rotatable bonds is 8. The molecule has 56 heavy (non-hydrogen) atoms. The molecule has 0 bridgehead atoms. The van der Waals surface area contributed by atoms with E-state index in [0.717, 1.165) is 22.0 Å². The summed E-state index contributed by atoms with van der Waals surface area (Å²) in [5.74, 6) is -17.5. The predicted octanol–water partition coefficient (Wildman–Crippen LogP) is 8.99. The number of imide groups is 1. The van der Waals surface area contributed by atoms with Crippen molar-refractivity contribution in [2.45, 2.75) is 42.0 Å². The van der Waals surface area contributed by atoms with Crippen molar-refractivity contribution in [3.05, 3.63) is 136 Å². The van der Waals surface area contributed by atoms with Gasteiger partial charge in [-0.1, -0.05) is 54.6 Å². The molecule has 0 spiro atoms. The Labute approximate surface area is 319 Å². The van der Waals surface area contributed by atoms with Crippen LogP contribution in [0.2, 0.25) is 0 Å². The number of hydrogen-bond acceptors (Lipinski definition) is 7. The van der Waals surface area contributed by atoms with Crippen LogP contribution >= 0.6 is 11.8 Å². The molecule has 4 aromatic carbocycles. The van der Waals surface area contributed by atoms with Gasteiger partial charge >= 0.3 is 23.7 Å². The molecular formula is C42H29F6NO6S. The molecule has 2 atom stereocenters. The summed E-state index contributed by atoms with van der Waals surface area (Å²) in [6.45, 7) is 2.78. The van der Waals surface area contributed by atoms with Crippen LogP contribution in [0.25, 0.3) is 21.3 Å². The van der Waals surface area contributed by atoms with Gasteiger partial charge < -0.3 is 14.2 Å². The molecule has 2 amide bonds. The van der Waals surface area contributed by atoms with E-state index in [-0.39, 0.29) is 48.8 Å². The number of amides is 2. The Morgan fingerprint density at radius 2 is 1.36 bits per heavy atom. The maximum absolute atomic E-state index is 15.7. The lowest BCUT2D eigenvalue weighted by atomic mass is 9.68. The maximum Gasteiger partial charge on any atom is 0.380 e. The number of carbonyl (C=O) groups excluding carboxylic acids is 3. The average Bonchev–Trinajstić information content (AvgIpc) is 3.73. The van der Waals surface area contributed by atoms with E-state index in [1.54, 1.807) is 30.3 Å². The molecule has 2 aliphatic carbocycles. The van der Waals surface area contributed by atoms with Gasteiger partial charge in [-0.2, -0.15) is 26.3 Å². The minimum atomic E-state index is -5.70. The molecular weight excluding hydrogens is 761 g/mol. The van der Waals surface area contributed by atoms with Crippen molar-refractivity contribution in [2.75, 3.05) is 26.4 Å². The van der Waals surface area contributed by atoms with Crippen LogP contribution in [0.3, 0.4) is 0 Å². The van der Waals surface area contributed by atoms with Crippen LogP contribution in [0.1, 0.15) is 56.0 Å². The number of alkyl halides is 6. The third kappa shape index (κ3) is 4.68. The normalized spacial score (nSPS) is 24.8. The van der Waals surface area contributed by atoms with Gasteiger partial charge in [-0.15, -0.1) is 11.8 Å². The monoisotopic (exact) mass is 789 g/mol. The summed E-state index contributed by atoms with van der Waals surface area (Å²) in [6.07, 6.45) is 1.23. The molecule has 14 heteroatoms. The van der Waals surface area contributed by atoms with Crippen LogP contribution in [0.4, 0.5) is 26.3 Å². The lowest BCUT2D eigenvalue weighted by molar-refractivity contribution is -0.257. The molecule has 2 unspecified atom stereocenters. The minimum absolute atomic E-state index is 0.00160. The van der Waals surface area contributed by atoms with Gasteiger partial charge in [0.05, 0.1) is 30.1 Å². The van der Waals surface area contributed by atoms with E-state index in [9.17, 15) is 14.4 Å². The minimum Gasteiger partial charge on any atom is -0.480 e. The van der Waals surface area contributed by atoms with Crippen molar-refractivity contribution < 1.29 is 54.9 Å². The summed E-state index contributed by atoms with van der Waals surface area (Å²) in [5.41, 5.74) is -3.86. The number of ether oxygens (including phenoxy) is 3. The van der Waals surface area contributed by atoms with Gasteiger partial charge in [0.15, 0.2) is 5.60 Å². The zero-order chi connectivity index (χ0) is 39.6. The smallest absolute Gasteiger partial charge is 0.380 e. The van der Waals surface area contributed by atoms with Gasteiger partial charge in [0.1, 0.15) is 12.4 Å². The molecule has 5 aliphatic rings. The van der Waals surface area contributed by atoms with Crippen LogP contribution in [0.5, 0.6) is 5.75 Å². The number of para-hydroxylation sites is 1. The number of benzene rings is 4. The van der Waals surface area contributed by atoms with Gasteiger partial charge in [0.2, 0.25) is 0 Å². The molecule has 3 aliphatic heterocycles. The number of allylic oxidation sites excluding steroid dienone is 3. The molecule has 286 valence electrons. The van der Waals surface area contributed by atoms with Gasteiger partial charge in [-0.3, -0.25) is 14.5 Å². The fraction of sp³-hybridized carbons (Fsp3) is 0.262. The number of fused-ring (bicyclic) bond motifs is 6. The second-order valence-corrected chi connectivity index (χ2v) is 15.8. The first kappa shape index (κ1) is 36.3. The third-order valence-electron chi connectivity index (χ3n) is 11.3. The van der Waals surface area contributed by atoms with Gasteiger partial charge in [0.25, 0.3) is 11.8 Å². The summed E-state index contributed by atoms with van der Waals surface area (Å²) in [6, 6.07) is 22.4. The third-order valence-corrected chi connectivity index (χ3v) is 12.9. The fourth-order valence-electron chi connectivity index (χ4n) is 8.38. The molecule has 0 radical (unpaired) electrons. The highest BCUT2D eigenvalue weighted by Gasteiger charge is 2.85. The van der Waals surface area contributed by atoms with Crippen LogP contribution in [-0.4, -0.2) is 77.2 Å². The first-order valence-electron chi connectivity index (χ1n) is 17.6. The van der Waals surface area contributed by atoms with Crippen LogP contribution in [-0.2, 0) is 9.47 Å². The molecule has 3 heterocycles. The number of carbonyl (C=O) groups is 3. The summed E-state index contributed by atoms with van der Waals surface area (Å²) >= 11 is 1.03. The molecule has 1 fully saturated rings. The molecule has 0 aromatic heterocycles. The van der Waals surface area contributed by atoms with E-state index < -0.39 is 62.6 Å². The summed E-state index contributed by atoms with van der Waals surface area (Å²) in [4.78, 5) is 40.4. The lowest BCUT2D eigenvalue weighted by Crippen LogP contribution is -2.53. The van der Waals surface area contributed by atoms with Crippen LogP contribution in [0, 0.1) is 0 Å². The number of esters is 1. The Morgan fingerprint density at radius 3 is 2.04 bits per heavy atom. The van der Waals surface area contributed by atoms with E-state index >= 15 is 26.3 Å². The second-order valence-electron chi connectivity index (χ2n) is 14.3. The van der Waals surface area contributed by atoms with E-state index in [1.165, 1.54) is 62.4 Å². The first-order chi connectivity index (χ1) is 26.5. The zero-order valence-corrected chi connectivity index (χ0v) is 30.4. The summed E-state index contributed by atoms with van der Waals surface area (Å²) < 4.78 is 108. The SMILES string of the molecule is CC12Oc3ccccc3C1=C1C(=C3C=C(c4ccc(C(=O)OCCOCCN5C(=O)c6cccc7cccc(c67)C5=O)cc4)SC32C)C(F)(F)C(F)(F)C1(F)F. The second kappa shape index (κ2) is 12.1. The molecule has 1 saturated carbocycles. The number of hydrogen-bond donors (Lipinski definition) is 0. The van der Waals surface area contributed by atoms with Crippen molar-refractivity contribution in [2.24, 2.45) is 0 Å². The van der Waals surface area contributed by atoms with Gasteiger partial charge in [-0.25, -0.2) is 4.79 Å². The Bertz CT molecular complexity index is 2480. The van der Waals surface area contributed by atoms with E-state index in [4.69, 9.17) is 14.2 Å². The Balaban J connectivity index is 0.886. The summed E-state index contributed by atoms with van der Waals surface area (Å²) in [5, 5.41) is 1.41. The molecule has 0 saturated heterocycles. The average molecular weight is 790 g/mol. The highest BCUT2D eigenvalue weighted by molar-refractivity contribution is 8.10. The fourth-order valence-corrected chi connectivity index (χ4v) is 9.86. The molecule has 9 rings (SSSR count). The highest BCUT2D eigenvalue weighted by atomic mass is 32.2. The molecule has 0 N–H and O–H groups in total.